The smallest absolute Gasteiger partial charge is 0.153 e. The molecular formula is C12H16O3. The summed E-state index contributed by atoms with van der Waals surface area (Å²) in [5, 5.41) is 0. The first-order chi connectivity index (χ1) is 7.24. The van der Waals surface area contributed by atoms with E-state index < -0.39 is 0 Å². The zero-order valence-electron chi connectivity index (χ0n) is 9.10. The maximum absolute atomic E-state index is 10.7. The molecule has 0 amide bonds. The zero-order valence-corrected chi connectivity index (χ0v) is 9.10. The minimum absolute atomic E-state index is 0.204. The van der Waals surface area contributed by atoms with E-state index in [2.05, 4.69) is 0 Å². The van der Waals surface area contributed by atoms with Crippen molar-refractivity contribution in [1.29, 1.82) is 0 Å². The SMILES string of the molecule is CC(C)OCCOc1ccccc1C=O. The van der Waals surface area contributed by atoms with Crippen LogP contribution >= 0.6 is 0 Å². The molecule has 0 fully saturated rings. The van der Waals surface area contributed by atoms with Crippen LogP contribution in [0.1, 0.15) is 24.2 Å². The quantitative estimate of drug-likeness (QED) is 0.531. The first-order valence-electron chi connectivity index (χ1n) is 5.02. The van der Waals surface area contributed by atoms with Crippen molar-refractivity contribution in [3.8, 4) is 5.75 Å². The van der Waals surface area contributed by atoms with Gasteiger partial charge in [-0.3, -0.25) is 4.79 Å². The molecule has 3 heteroatoms. The maximum Gasteiger partial charge on any atom is 0.153 e. The van der Waals surface area contributed by atoms with Gasteiger partial charge in [0.05, 0.1) is 18.3 Å². The summed E-state index contributed by atoms with van der Waals surface area (Å²) in [7, 11) is 0. The van der Waals surface area contributed by atoms with Crippen LogP contribution in [-0.4, -0.2) is 25.6 Å². The molecule has 3 nitrogen and oxygen atoms in total. The maximum atomic E-state index is 10.7. The van der Waals surface area contributed by atoms with E-state index in [-0.39, 0.29) is 6.10 Å². The summed E-state index contributed by atoms with van der Waals surface area (Å²) in [5.41, 5.74) is 0.571. The molecule has 0 saturated heterocycles. The first-order valence-corrected chi connectivity index (χ1v) is 5.02. The van der Waals surface area contributed by atoms with Crippen LogP contribution in [0.15, 0.2) is 24.3 Å². The third-order valence-electron chi connectivity index (χ3n) is 1.84. The second-order valence-corrected chi connectivity index (χ2v) is 3.42. The van der Waals surface area contributed by atoms with Crippen LogP contribution < -0.4 is 4.74 Å². The lowest BCUT2D eigenvalue weighted by molar-refractivity contribution is 0.0550. The number of hydrogen-bond acceptors (Lipinski definition) is 3. The Balaban J connectivity index is 2.40. The number of carbonyl (C=O) groups excluding carboxylic acids is 1. The van der Waals surface area contributed by atoms with Crippen molar-refractivity contribution in [2.45, 2.75) is 20.0 Å². The third kappa shape index (κ3) is 4.13. The molecule has 15 heavy (non-hydrogen) atoms. The van der Waals surface area contributed by atoms with Crippen LogP contribution in [0.25, 0.3) is 0 Å². The Morgan fingerprint density at radius 3 is 2.67 bits per heavy atom. The molecule has 1 aromatic carbocycles. The van der Waals surface area contributed by atoms with Gasteiger partial charge in [0.1, 0.15) is 12.4 Å². The fraction of sp³-hybridized carbons (Fsp3) is 0.417. The van der Waals surface area contributed by atoms with Crippen molar-refractivity contribution >= 4 is 6.29 Å². The van der Waals surface area contributed by atoms with Gasteiger partial charge >= 0.3 is 0 Å². The number of ether oxygens (including phenoxy) is 2. The van der Waals surface area contributed by atoms with Gasteiger partial charge in [-0.1, -0.05) is 12.1 Å². The molecule has 0 bridgehead atoms. The summed E-state index contributed by atoms with van der Waals surface area (Å²) < 4.78 is 10.7. The minimum Gasteiger partial charge on any atom is -0.490 e. The fourth-order valence-electron chi connectivity index (χ4n) is 1.14. The van der Waals surface area contributed by atoms with Gasteiger partial charge in [-0.05, 0) is 26.0 Å². The largest absolute Gasteiger partial charge is 0.490 e. The summed E-state index contributed by atoms with van der Waals surface area (Å²) in [6, 6.07) is 7.15. The summed E-state index contributed by atoms with van der Waals surface area (Å²) in [6.07, 6.45) is 0.994. The van der Waals surface area contributed by atoms with Crippen molar-refractivity contribution in [2.75, 3.05) is 13.2 Å². The Morgan fingerprint density at radius 1 is 1.27 bits per heavy atom. The van der Waals surface area contributed by atoms with Gasteiger partial charge < -0.3 is 9.47 Å². The molecular weight excluding hydrogens is 192 g/mol. The van der Waals surface area contributed by atoms with E-state index in [9.17, 15) is 4.79 Å². The Bertz CT molecular complexity index is 307. The number of aldehydes is 1. The van der Waals surface area contributed by atoms with Crippen LogP contribution in [0.2, 0.25) is 0 Å². The monoisotopic (exact) mass is 208 g/mol. The summed E-state index contributed by atoms with van der Waals surface area (Å²) >= 11 is 0. The third-order valence-corrected chi connectivity index (χ3v) is 1.84. The molecule has 0 saturated carbocycles. The lowest BCUT2D eigenvalue weighted by Gasteiger charge is -2.10. The normalized spacial score (nSPS) is 10.3. The number of rotatable bonds is 6. The highest BCUT2D eigenvalue weighted by Gasteiger charge is 2.01. The number of hydrogen-bond donors (Lipinski definition) is 0. The van der Waals surface area contributed by atoms with Crippen molar-refractivity contribution in [3.63, 3.8) is 0 Å². The highest BCUT2D eigenvalue weighted by Crippen LogP contribution is 2.15. The van der Waals surface area contributed by atoms with E-state index in [1.807, 2.05) is 19.9 Å². The van der Waals surface area contributed by atoms with Crippen molar-refractivity contribution in [1.82, 2.24) is 0 Å². The number of benzene rings is 1. The molecule has 82 valence electrons. The topological polar surface area (TPSA) is 35.5 Å². The van der Waals surface area contributed by atoms with Crippen molar-refractivity contribution < 1.29 is 14.3 Å². The van der Waals surface area contributed by atoms with Crippen LogP contribution in [-0.2, 0) is 4.74 Å². The Morgan fingerprint density at radius 2 is 2.00 bits per heavy atom. The van der Waals surface area contributed by atoms with Crippen LogP contribution in [0.5, 0.6) is 5.75 Å². The van der Waals surface area contributed by atoms with E-state index >= 15 is 0 Å². The lowest BCUT2D eigenvalue weighted by Crippen LogP contribution is -2.11. The molecule has 0 N–H and O–H groups in total. The molecule has 1 rings (SSSR count). The summed E-state index contributed by atoms with van der Waals surface area (Å²) in [4.78, 5) is 10.7. The predicted molar refractivity (Wildman–Crippen MR) is 58.4 cm³/mol. The van der Waals surface area contributed by atoms with Crippen molar-refractivity contribution in [3.05, 3.63) is 29.8 Å². The molecule has 0 atom stereocenters. The van der Waals surface area contributed by atoms with E-state index in [4.69, 9.17) is 9.47 Å². The van der Waals surface area contributed by atoms with Gasteiger partial charge in [-0.15, -0.1) is 0 Å². The van der Waals surface area contributed by atoms with E-state index in [0.717, 1.165) is 6.29 Å². The summed E-state index contributed by atoms with van der Waals surface area (Å²) in [6.45, 7) is 4.94. The lowest BCUT2D eigenvalue weighted by atomic mass is 10.2. The van der Waals surface area contributed by atoms with Gasteiger partial charge in [0.15, 0.2) is 6.29 Å². The average molecular weight is 208 g/mol. The average Bonchev–Trinajstić information content (AvgIpc) is 2.24. The molecule has 0 aliphatic rings. The summed E-state index contributed by atoms with van der Waals surface area (Å²) in [5.74, 6) is 0.611. The standard InChI is InChI=1S/C12H16O3/c1-10(2)14-7-8-15-12-6-4-3-5-11(12)9-13/h3-6,9-10H,7-8H2,1-2H3. The van der Waals surface area contributed by atoms with E-state index in [0.29, 0.717) is 24.5 Å². The minimum atomic E-state index is 0.204. The van der Waals surface area contributed by atoms with E-state index in [1.54, 1.807) is 18.2 Å². The molecule has 0 heterocycles. The van der Waals surface area contributed by atoms with Crippen LogP contribution in [0.3, 0.4) is 0 Å². The van der Waals surface area contributed by atoms with Gasteiger partial charge in [0, 0.05) is 0 Å². The molecule has 0 aliphatic carbocycles. The zero-order chi connectivity index (χ0) is 11.1. The van der Waals surface area contributed by atoms with E-state index in [1.165, 1.54) is 0 Å². The molecule has 0 aliphatic heterocycles. The Kier molecular flexibility index (Phi) is 4.84. The molecule has 0 unspecified atom stereocenters. The predicted octanol–water partition coefficient (Wildman–Crippen LogP) is 2.30. The molecule has 0 radical (unpaired) electrons. The fourth-order valence-corrected chi connectivity index (χ4v) is 1.14. The van der Waals surface area contributed by atoms with Gasteiger partial charge in [0.2, 0.25) is 0 Å². The molecule has 0 aromatic heterocycles. The highest BCUT2D eigenvalue weighted by molar-refractivity contribution is 5.79. The number of carbonyl (C=O) groups is 1. The van der Waals surface area contributed by atoms with Crippen molar-refractivity contribution in [2.24, 2.45) is 0 Å². The second kappa shape index (κ2) is 6.19. The van der Waals surface area contributed by atoms with Crippen LogP contribution in [0, 0.1) is 0 Å². The Labute approximate surface area is 90.0 Å². The molecule has 0 spiro atoms. The van der Waals surface area contributed by atoms with Crippen LogP contribution in [0.4, 0.5) is 0 Å². The Hall–Kier alpha value is -1.35. The van der Waals surface area contributed by atoms with Gasteiger partial charge in [0.25, 0.3) is 0 Å². The first kappa shape index (κ1) is 11.7. The van der Waals surface area contributed by atoms with Gasteiger partial charge in [-0.25, -0.2) is 0 Å². The second-order valence-electron chi connectivity index (χ2n) is 3.42. The number of para-hydroxylation sites is 1. The highest BCUT2D eigenvalue weighted by atomic mass is 16.5. The molecule has 1 aromatic rings. The van der Waals surface area contributed by atoms with Gasteiger partial charge in [-0.2, -0.15) is 0 Å².